The van der Waals surface area contributed by atoms with Crippen molar-refractivity contribution in [1.29, 1.82) is 0 Å². The lowest BCUT2D eigenvalue weighted by Crippen LogP contribution is -2.18. The molecular weight excluding hydrogens is 310 g/mol. The van der Waals surface area contributed by atoms with Crippen LogP contribution in [0, 0.1) is 5.82 Å². The van der Waals surface area contributed by atoms with Gasteiger partial charge in [-0.2, -0.15) is 0 Å². The Morgan fingerprint density at radius 3 is 2.75 bits per heavy atom. The van der Waals surface area contributed by atoms with Gasteiger partial charge in [-0.15, -0.1) is 0 Å². The molecule has 0 radical (unpaired) electrons. The van der Waals surface area contributed by atoms with Gasteiger partial charge in [0.1, 0.15) is 18.2 Å². The van der Waals surface area contributed by atoms with E-state index in [-0.39, 0.29) is 25.0 Å². The number of anilines is 1. The van der Waals surface area contributed by atoms with Crippen molar-refractivity contribution in [3.63, 3.8) is 0 Å². The highest BCUT2D eigenvalue weighted by molar-refractivity contribution is 5.57. The van der Waals surface area contributed by atoms with E-state index in [0.717, 1.165) is 29.7 Å². The van der Waals surface area contributed by atoms with Crippen LogP contribution in [-0.2, 0) is 6.42 Å². The second kappa shape index (κ2) is 7.45. The summed E-state index contributed by atoms with van der Waals surface area (Å²) in [4.78, 5) is 0. The van der Waals surface area contributed by atoms with Crippen LogP contribution < -0.4 is 15.8 Å². The molecule has 126 valence electrons. The Hall–Kier alpha value is -2.40. The highest BCUT2D eigenvalue weighted by atomic mass is 19.1. The molecule has 2 aromatic rings. The van der Waals surface area contributed by atoms with Crippen LogP contribution in [0.3, 0.4) is 0 Å². The number of aryl methyl sites for hydroxylation is 1. The van der Waals surface area contributed by atoms with E-state index in [1.807, 2.05) is 30.3 Å². The van der Waals surface area contributed by atoms with Gasteiger partial charge in [-0.1, -0.05) is 12.1 Å². The highest BCUT2D eigenvalue weighted by Gasteiger charge is 2.19. The second-order valence-corrected chi connectivity index (χ2v) is 5.87. The summed E-state index contributed by atoms with van der Waals surface area (Å²) < 4.78 is 31.1. The standard InChI is InChI=1S/C19H20F2N2O/c20-10-13(11-22)12-24-17-6-8-19-15(9-17)3-7-18(23-19)14-1-4-16(21)5-2-14/h1-2,4-6,8-10,18,23H,3,7,11-12,22H2/b13-10+. The summed E-state index contributed by atoms with van der Waals surface area (Å²) in [7, 11) is 0. The van der Waals surface area contributed by atoms with Gasteiger partial charge in [0.15, 0.2) is 0 Å². The van der Waals surface area contributed by atoms with E-state index in [1.165, 1.54) is 12.1 Å². The molecule has 0 aromatic heterocycles. The van der Waals surface area contributed by atoms with Crippen molar-refractivity contribution in [2.24, 2.45) is 5.73 Å². The molecular formula is C19H20F2N2O. The molecule has 3 nitrogen and oxygen atoms in total. The minimum atomic E-state index is -0.226. The topological polar surface area (TPSA) is 47.3 Å². The summed E-state index contributed by atoms with van der Waals surface area (Å²) in [6, 6.07) is 12.5. The molecule has 1 heterocycles. The molecule has 1 aliphatic rings. The molecule has 24 heavy (non-hydrogen) atoms. The van der Waals surface area contributed by atoms with Gasteiger partial charge < -0.3 is 15.8 Å². The predicted octanol–water partition coefficient (Wildman–Crippen LogP) is 4.12. The Labute approximate surface area is 140 Å². The molecule has 0 bridgehead atoms. The van der Waals surface area contributed by atoms with Crippen LogP contribution in [0.15, 0.2) is 54.4 Å². The van der Waals surface area contributed by atoms with Gasteiger partial charge in [0, 0.05) is 17.8 Å². The van der Waals surface area contributed by atoms with Crippen molar-refractivity contribution in [3.05, 3.63) is 71.3 Å². The maximum Gasteiger partial charge on any atom is 0.123 e. The summed E-state index contributed by atoms with van der Waals surface area (Å²) in [6.07, 6.45) is 2.30. The highest BCUT2D eigenvalue weighted by Crippen LogP contribution is 2.34. The van der Waals surface area contributed by atoms with Gasteiger partial charge in [-0.3, -0.25) is 0 Å². The van der Waals surface area contributed by atoms with Crippen molar-refractivity contribution in [2.75, 3.05) is 18.5 Å². The summed E-state index contributed by atoms with van der Waals surface area (Å²) in [5.74, 6) is 0.472. The molecule has 0 aliphatic carbocycles. The molecule has 0 spiro atoms. The third kappa shape index (κ3) is 3.74. The van der Waals surface area contributed by atoms with Crippen LogP contribution >= 0.6 is 0 Å². The monoisotopic (exact) mass is 330 g/mol. The Kier molecular flexibility index (Phi) is 5.11. The van der Waals surface area contributed by atoms with E-state index in [2.05, 4.69) is 5.32 Å². The SMILES string of the molecule is NC/C(=C\F)COc1ccc2c(c1)CCC(c1ccc(F)cc1)N2. The van der Waals surface area contributed by atoms with Crippen LogP contribution in [0.5, 0.6) is 5.75 Å². The quantitative estimate of drug-likeness (QED) is 0.867. The number of benzene rings is 2. The Balaban J connectivity index is 1.69. The molecule has 1 atom stereocenters. The van der Waals surface area contributed by atoms with Crippen LogP contribution in [0.4, 0.5) is 14.5 Å². The first-order valence-electron chi connectivity index (χ1n) is 7.95. The van der Waals surface area contributed by atoms with E-state index < -0.39 is 0 Å². The normalized spacial score (nSPS) is 17.1. The summed E-state index contributed by atoms with van der Waals surface area (Å²) in [6.45, 7) is 0.291. The zero-order valence-electron chi connectivity index (χ0n) is 13.3. The van der Waals surface area contributed by atoms with E-state index in [0.29, 0.717) is 17.7 Å². The lowest BCUT2D eigenvalue weighted by Gasteiger charge is -2.28. The molecule has 1 unspecified atom stereocenters. The lowest BCUT2D eigenvalue weighted by atomic mass is 9.93. The zero-order chi connectivity index (χ0) is 16.9. The third-order valence-electron chi connectivity index (χ3n) is 4.22. The van der Waals surface area contributed by atoms with Gasteiger partial charge in [0.2, 0.25) is 0 Å². The number of halogens is 2. The number of rotatable bonds is 5. The maximum atomic E-state index is 13.0. The minimum absolute atomic E-state index is 0.141. The number of fused-ring (bicyclic) bond motifs is 1. The fourth-order valence-corrected chi connectivity index (χ4v) is 2.82. The van der Waals surface area contributed by atoms with E-state index in [4.69, 9.17) is 10.5 Å². The van der Waals surface area contributed by atoms with Crippen LogP contribution in [0.25, 0.3) is 0 Å². The summed E-state index contributed by atoms with van der Waals surface area (Å²) in [5, 5.41) is 3.48. The zero-order valence-corrected chi connectivity index (χ0v) is 13.3. The molecule has 0 amide bonds. The first kappa shape index (κ1) is 16.5. The fourth-order valence-electron chi connectivity index (χ4n) is 2.82. The minimum Gasteiger partial charge on any atom is -0.489 e. The Morgan fingerprint density at radius 1 is 1.25 bits per heavy atom. The van der Waals surface area contributed by atoms with E-state index >= 15 is 0 Å². The average molecular weight is 330 g/mol. The van der Waals surface area contributed by atoms with E-state index in [9.17, 15) is 8.78 Å². The van der Waals surface area contributed by atoms with Crippen molar-refractivity contribution >= 4 is 5.69 Å². The summed E-state index contributed by atoms with van der Waals surface area (Å²) >= 11 is 0. The molecule has 0 fully saturated rings. The number of hydrogen-bond donors (Lipinski definition) is 2. The largest absolute Gasteiger partial charge is 0.489 e. The first-order valence-corrected chi connectivity index (χ1v) is 7.95. The van der Waals surface area contributed by atoms with Crippen LogP contribution in [0.2, 0.25) is 0 Å². The van der Waals surface area contributed by atoms with Crippen molar-refractivity contribution in [1.82, 2.24) is 0 Å². The predicted molar refractivity (Wildman–Crippen MR) is 91.3 cm³/mol. The molecule has 0 saturated heterocycles. The van der Waals surface area contributed by atoms with Gasteiger partial charge in [-0.25, -0.2) is 8.78 Å². The van der Waals surface area contributed by atoms with Gasteiger partial charge in [-0.05, 0) is 54.3 Å². The van der Waals surface area contributed by atoms with Crippen LogP contribution in [0.1, 0.15) is 23.6 Å². The number of ether oxygens (including phenoxy) is 1. The first-order chi connectivity index (χ1) is 11.7. The molecule has 3 N–H and O–H groups in total. The van der Waals surface area contributed by atoms with Crippen LogP contribution in [-0.4, -0.2) is 13.2 Å². The Bertz CT molecular complexity index is 729. The van der Waals surface area contributed by atoms with Crippen molar-refractivity contribution in [3.8, 4) is 5.75 Å². The molecule has 0 saturated carbocycles. The molecule has 1 aliphatic heterocycles. The lowest BCUT2D eigenvalue weighted by molar-refractivity contribution is 0.347. The number of nitrogens with two attached hydrogens (primary N) is 1. The Morgan fingerprint density at radius 2 is 2.04 bits per heavy atom. The van der Waals surface area contributed by atoms with Crippen molar-refractivity contribution < 1.29 is 13.5 Å². The molecule has 5 heteroatoms. The number of hydrogen-bond acceptors (Lipinski definition) is 3. The number of nitrogens with one attached hydrogen (secondary N) is 1. The second-order valence-electron chi connectivity index (χ2n) is 5.87. The van der Waals surface area contributed by atoms with Gasteiger partial charge >= 0.3 is 0 Å². The maximum absolute atomic E-state index is 13.0. The van der Waals surface area contributed by atoms with E-state index in [1.54, 1.807) is 0 Å². The molecule has 2 aromatic carbocycles. The third-order valence-corrected chi connectivity index (χ3v) is 4.22. The summed E-state index contributed by atoms with van der Waals surface area (Å²) in [5.41, 5.74) is 9.11. The van der Waals surface area contributed by atoms with Gasteiger partial charge in [0.05, 0.1) is 12.4 Å². The average Bonchev–Trinajstić information content (AvgIpc) is 2.62. The smallest absolute Gasteiger partial charge is 0.123 e. The van der Waals surface area contributed by atoms with Crippen molar-refractivity contribution in [2.45, 2.75) is 18.9 Å². The van der Waals surface area contributed by atoms with Gasteiger partial charge in [0.25, 0.3) is 0 Å². The molecule has 3 rings (SSSR count). The fraction of sp³-hybridized carbons (Fsp3) is 0.263.